The number of nitro groups is 1. The van der Waals surface area contributed by atoms with E-state index in [1.165, 1.54) is 24.3 Å². The first-order valence-corrected chi connectivity index (χ1v) is 7.71. The number of benzene rings is 1. The van der Waals surface area contributed by atoms with E-state index in [-0.39, 0.29) is 29.2 Å². The lowest BCUT2D eigenvalue weighted by atomic mass is 10.1. The summed E-state index contributed by atoms with van der Waals surface area (Å²) in [6.07, 6.45) is 0.258. The minimum absolute atomic E-state index is 0.00294. The molecule has 1 fully saturated rings. The van der Waals surface area contributed by atoms with Gasteiger partial charge in [0.2, 0.25) is 0 Å². The van der Waals surface area contributed by atoms with E-state index in [1.807, 2.05) is 0 Å². The summed E-state index contributed by atoms with van der Waals surface area (Å²) in [5.74, 6) is -0.880. The van der Waals surface area contributed by atoms with E-state index in [4.69, 9.17) is 4.74 Å². The second kappa shape index (κ2) is 4.86. The Balaban J connectivity index is 2.11. The predicted molar refractivity (Wildman–Crippen MR) is 70.2 cm³/mol. The van der Waals surface area contributed by atoms with Crippen LogP contribution in [0.25, 0.3) is 0 Å². The van der Waals surface area contributed by atoms with Crippen LogP contribution in [-0.4, -0.2) is 36.4 Å². The number of nitro benzene ring substituents is 1. The van der Waals surface area contributed by atoms with Crippen molar-refractivity contribution < 1.29 is 22.9 Å². The minimum atomic E-state index is -3.17. The summed E-state index contributed by atoms with van der Waals surface area (Å²) in [5, 5.41) is 10.5. The summed E-state index contributed by atoms with van der Waals surface area (Å²) in [6.45, 7) is 1.57. The molecule has 1 atom stereocenters. The molecule has 7 nitrogen and oxygen atoms in total. The third kappa shape index (κ3) is 3.13. The lowest BCUT2D eigenvalue weighted by Gasteiger charge is -2.22. The van der Waals surface area contributed by atoms with Crippen LogP contribution < -0.4 is 0 Å². The van der Waals surface area contributed by atoms with Gasteiger partial charge in [0.05, 0.1) is 22.0 Å². The smallest absolute Gasteiger partial charge is 0.338 e. The highest BCUT2D eigenvalue weighted by Gasteiger charge is 2.41. The van der Waals surface area contributed by atoms with Crippen molar-refractivity contribution in [1.29, 1.82) is 0 Å². The monoisotopic (exact) mass is 299 g/mol. The maximum absolute atomic E-state index is 11.9. The molecule has 108 valence electrons. The molecule has 20 heavy (non-hydrogen) atoms. The van der Waals surface area contributed by atoms with Crippen molar-refractivity contribution in [3.05, 3.63) is 39.9 Å². The van der Waals surface area contributed by atoms with E-state index in [0.717, 1.165) is 0 Å². The van der Waals surface area contributed by atoms with Crippen molar-refractivity contribution in [3.63, 3.8) is 0 Å². The molecule has 8 heteroatoms. The van der Waals surface area contributed by atoms with Crippen LogP contribution in [-0.2, 0) is 14.6 Å². The molecule has 0 radical (unpaired) electrons. The highest BCUT2D eigenvalue weighted by molar-refractivity contribution is 7.91. The lowest BCUT2D eigenvalue weighted by Crippen LogP contribution is -2.32. The van der Waals surface area contributed by atoms with Gasteiger partial charge in [-0.1, -0.05) is 0 Å². The zero-order chi connectivity index (χ0) is 15.0. The highest BCUT2D eigenvalue weighted by atomic mass is 32.2. The lowest BCUT2D eigenvalue weighted by molar-refractivity contribution is -0.384. The van der Waals surface area contributed by atoms with Crippen LogP contribution in [0.15, 0.2) is 24.3 Å². The van der Waals surface area contributed by atoms with Crippen molar-refractivity contribution in [2.24, 2.45) is 0 Å². The zero-order valence-electron chi connectivity index (χ0n) is 10.7. The van der Waals surface area contributed by atoms with Gasteiger partial charge in [0, 0.05) is 18.6 Å². The van der Waals surface area contributed by atoms with Gasteiger partial charge in [0.25, 0.3) is 5.69 Å². The van der Waals surface area contributed by atoms with E-state index in [9.17, 15) is 23.3 Å². The van der Waals surface area contributed by atoms with Gasteiger partial charge < -0.3 is 4.74 Å². The van der Waals surface area contributed by atoms with Crippen molar-refractivity contribution in [3.8, 4) is 0 Å². The first kappa shape index (κ1) is 14.4. The quantitative estimate of drug-likeness (QED) is 0.474. The molecule has 0 amide bonds. The van der Waals surface area contributed by atoms with Crippen molar-refractivity contribution >= 4 is 21.5 Å². The zero-order valence-corrected chi connectivity index (χ0v) is 11.6. The van der Waals surface area contributed by atoms with Crippen molar-refractivity contribution in [2.45, 2.75) is 18.9 Å². The predicted octanol–water partition coefficient (Wildman–Crippen LogP) is 1.33. The molecule has 1 aromatic carbocycles. The largest absolute Gasteiger partial charge is 0.455 e. The Hall–Kier alpha value is -1.96. The van der Waals surface area contributed by atoms with Crippen LogP contribution in [0.4, 0.5) is 5.69 Å². The van der Waals surface area contributed by atoms with E-state index in [2.05, 4.69) is 0 Å². The van der Waals surface area contributed by atoms with Crippen LogP contribution >= 0.6 is 0 Å². The average Bonchev–Trinajstić information content (AvgIpc) is 2.63. The molecule has 0 saturated carbocycles. The third-order valence-electron chi connectivity index (χ3n) is 3.12. The van der Waals surface area contributed by atoms with Crippen LogP contribution in [0, 0.1) is 10.1 Å². The Kier molecular flexibility index (Phi) is 3.51. The molecule has 1 heterocycles. The number of sulfone groups is 1. The fourth-order valence-corrected chi connectivity index (χ4v) is 4.08. The van der Waals surface area contributed by atoms with Gasteiger partial charge in [-0.05, 0) is 19.1 Å². The number of ether oxygens (including phenoxy) is 1. The number of esters is 1. The average molecular weight is 299 g/mol. The standard InChI is InChI=1S/C12H13NO6S/c1-12(6-7-20(17,18)8-12)19-11(14)9-2-4-10(5-3-9)13(15)16/h2-5H,6-8H2,1H3/t12-/m1/s1. The van der Waals surface area contributed by atoms with Crippen LogP contribution in [0.1, 0.15) is 23.7 Å². The van der Waals surface area contributed by atoms with Crippen molar-refractivity contribution in [2.75, 3.05) is 11.5 Å². The first-order valence-electron chi connectivity index (χ1n) is 5.89. The van der Waals surface area contributed by atoms with Gasteiger partial charge in [-0.15, -0.1) is 0 Å². The van der Waals surface area contributed by atoms with Gasteiger partial charge in [0.15, 0.2) is 9.84 Å². The fourth-order valence-electron chi connectivity index (χ4n) is 2.06. The Morgan fingerprint density at radius 1 is 1.35 bits per heavy atom. The van der Waals surface area contributed by atoms with E-state index < -0.39 is 26.3 Å². The maximum Gasteiger partial charge on any atom is 0.338 e. The highest BCUT2D eigenvalue weighted by Crippen LogP contribution is 2.28. The second-order valence-corrected chi connectivity index (χ2v) is 7.17. The molecule has 1 saturated heterocycles. The van der Waals surface area contributed by atoms with Gasteiger partial charge >= 0.3 is 5.97 Å². The third-order valence-corrected chi connectivity index (χ3v) is 5.00. The number of rotatable bonds is 3. The van der Waals surface area contributed by atoms with E-state index in [1.54, 1.807) is 6.92 Å². The Labute approximate surface area is 115 Å². The maximum atomic E-state index is 11.9. The number of nitrogens with zero attached hydrogens (tertiary/aromatic N) is 1. The molecule has 1 aromatic rings. The van der Waals surface area contributed by atoms with Crippen molar-refractivity contribution in [1.82, 2.24) is 0 Å². The Morgan fingerprint density at radius 3 is 2.40 bits per heavy atom. The molecule has 0 spiro atoms. The number of carbonyl (C=O) groups is 1. The first-order chi connectivity index (χ1) is 9.21. The second-order valence-electron chi connectivity index (χ2n) is 4.99. The van der Waals surface area contributed by atoms with E-state index in [0.29, 0.717) is 0 Å². The SMILES string of the molecule is C[C@@]1(OC(=O)c2ccc([N+](=O)[O-])cc2)CCS(=O)(=O)C1. The fraction of sp³-hybridized carbons (Fsp3) is 0.417. The minimum Gasteiger partial charge on any atom is -0.455 e. The summed E-state index contributed by atoms with van der Waals surface area (Å²) < 4.78 is 28.1. The summed E-state index contributed by atoms with van der Waals surface area (Å²) in [6, 6.07) is 4.97. The van der Waals surface area contributed by atoms with Gasteiger partial charge in [-0.25, -0.2) is 13.2 Å². The molecular weight excluding hydrogens is 286 g/mol. The molecular formula is C12H13NO6S. The van der Waals surface area contributed by atoms with Crippen LogP contribution in [0.3, 0.4) is 0 Å². The topological polar surface area (TPSA) is 104 Å². The summed E-state index contributed by atoms with van der Waals surface area (Å²) in [4.78, 5) is 21.8. The molecule has 0 bridgehead atoms. The summed E-state index contributed by atoms with van der Waals surface area (Å²) in [7, 11) is -3.17. The number of carbonyl (C=O) groups excluding carboxylic acids is 1. The molecule has 0 N–H and O–H groups in total. The molecule has 0 aromatic heterocycles. The Bertz CT molecular complexity index is 651. The molecule has 0 unspecified atom stereocenters. The van der Waals surface area contributed by atoms with E-state index >= 15 is 0 Å². The number of non-ortho nitro benzene ring substituents is 1. The van der Waals surface area contributed by atoms with Gasteiger partial charge in [0.1, 0.15) is 5.60 Å². The Morgan fingerprint density at radius 2 is 1.95 bits per heavy atom. The summed E-state index contributed by atoms with van der Waals surface area (Å²) in [5.41, 5.74) is -1.00. The summed E-state index contributed by atoms with van der Waals surface area (Å²) >= 11 is 0. The molecule has 2 rings (SSSR count). The van der Waals surface area contributed by atoms with Gasteiger partial charge in [-0.3, -0.25) is 10.1 Å². The molecule has 1 aliphatic heterocycles. The number of hydrogen-bond donors (Lipinski definition) is 0. The molecule has 1 aliphatic rings. The normalized spacial score (nSPS) is 24.2. The van der Waals surface area contributed by atoms with Gasteiger partial charge in [-0.2, -0.15) is 0 Å². The van der Waals surface area contributed by atoms with Crippen LogP contribution in [0.5, 0.6) is 0 Å². The van der Waals surface area contributed by atoms with Crippen LogP contribution in [0.2, 0.25) is 0 Å². The molecule has 0 aliphatic carbocycles. The number of hydrogen-bond acceptors (Lipinski definition) is 6.